The molecule has 2 aromatic heterocycles. The van der Waals surface area contributed by atoms with Crippen molar-refractivity contribution in [3.8, 4) is 0 Å². The van der Waals surface area contributed by atoms with Gasteiger partial charge in [-0.3, -0.25) is 9.59 Å². The van der Waals surface area contributed by atoms with Gasteiger partial charge >= 0.3 is 0 Å². The highest BCUT2D eigenvalue weighted by molar-refractivity contribution is 7.09. The van der Waals surface area contributed by atoms with Gasteiger partial charge in [0.1, 0.15) is 5.69 Å². The number of rotatable bonds is 4. The van der Waals surface area contributed by atoms with Gasteiger partial charge in [0.25, 0.3) is 0 Å². The number of thiazole rings is 1. The molecule has 2 aromatic rings. The molecular formula is C11H9N3O2S. The fourth-order valence-corrected chi connectivity index (χ4v) is 1.87. The van der Waals surface area contributed by atoms with Crippen LogP contribution in [0.1, 0.15) is 32.5 Å². The van der Waals surface area contributed by atoms with Crippen LogP contribution >= 0.6 is 11.3 Å². The molecule has 0 saturated heterocycles. The normalized spacial score (nSPS) is 10.2. The predicted octanol–water partition coefficient (Wildman–Crippen LogP) is 1.70. The lowest BCUT2D eigenvalue weighted by Gasteiger charge is -1.96. The molecule has 2 heterocycles. The SMILES string of the molecule is Cc1nc(C(=O)CC(=O)c2ncccn2)cs1. The maximum atomic E-state index is 11.7. The van der Waals surface area contributed by atoms with E-state index in [9.17, 15) is 9.59 Å². The Morgan fingerprint density at radius 2 is 1.94 bits per heavy atom. The molecule has 0 aromatic carbocycles. The van der Waals surface area contributed by atoms with Crippen LogP contribution in [0, 0.1) is 6.92 Å². The van der Waals surface area contributed by atoms with E-state index < -0.39 is 0 Å². The molecule has 0 aliphatic heterocycles. The van der Waals surface area contributed by atoms with E-state index in [1.165, 1.54) is 23.7 Å². The molecule has 2 rings (SSSR count). The molecule has 0 fully saturated rings. The third-order valence-electron chi connectivity index (χ3n) is 2.04. The third-order valence-corrected chi connectivity index (χ3v) is 2.81. The second-order valence-corrected chi connectivity index (χ2v) is 4.41. The van der Waals surface area contributed by atoms with Crippen molar-refractivity contribution in [3.63, 3.8) is 0 Å². The molecule has 0 aliphatic rings. The van der Waals surface area contributed by atoms with Crippen LogP contribution in [0.15, 0.2) is 23.8 Å². The van der Waals surface area contributed by atoms with Gasteiger partial charge in [0.05, 0.1) is 11.4 Å². The zero-order valence-electron chi connectivity index (χ0n) is 9.08. The maximum Gasteiger partial charge on any atom is 0.207 e. The van der Waals surface area contributed by atoms with E-state index in [0.717, 1.165) is 5.01 Å². The molecule has 6 heteroatoms. The van der Waals surface area contributed by atoms with Gasteiger partial charge in [-0.1, -0.05) is 0 Å². The zero-order chi connectivity index (χ0) is 12.3. The number of hydrogen-bond donors (Lipinski definition) is 0. The Bertz CT molecular complexity index is 551. The van der Waals surface area contributed by atoms with Gasteiger partial charge in [-0.2, -0.15) is 0 Å². The molecule has 0 amide bonds. The van der Waals surface area contributed by atoms with Gasteiger partial charge in [0, 0.05) is 17.8 Å². The highest BCUT2D eigenvalue weighted by Crippen LogP contribution is 2.11. The van der Waals surface area contributed by atoms with Crippen LogP contribution in [0.25, 0.3) is 0 Å². The molecule has 0 bridgehead atoms. The van der Waals surface area contributed by atoms with Crippen LogP contribution in [0.4, 0.5) is 0 Å². The van der Waals surface area contributed by atoms with Crippen LogP contribution in [-0.4, -0.2) is 26.5 Å². The van der Waals surface area contributed by atoms with Crippen LogP contribution in [0.2, 0.25) is 0 Å². The number of carbonyl (C=O) groups is 2. The number of aromatic nitrogens is 3. The first-order chi connectivity index (χ1) is 8.16. The largest absolute Gasteiger partial charge is 0.292 e. The number of aryl methyl sites for hydroxylation is 1. The summed E-state index contributed by atoms with van der Waals surface area (Å²) in [4.78, 5) is 35.0. The van der Waals surface area contributed by atoms with Gasteiger partial charge in [0.2, 0.25) is 5.78 Å². The summed E-state index contributed by atoms with van der Waals surface area (Å²) in [7, 11) is 0. The van der Waals surface area contributed by atoms with E-state index >= 15 is 0 Å². The monoisotopic (exact) mass is 247 g/mol. The number of Topliss-reactive ketones (excluding diaryl/α,β-unsaturated/α-hetero) is 2. The first kappa shape index (κ1) is 11.5. The van der Waals surface area contributed by atoms with E-state index in [1.807, 2.05) is 6.92 Å². The molecule has 86 valence electrons. The number of carbonyl (C=O) groups excluding carboxylic acids is 2. The molecule has 0 saturated carbocycles. The van der Waals surface area contributed by atoms with Gasteiger partial charge in [-0.15, -0.1) is 11.3 Å². The lowest BCUT2D eigenvalue weighted by Crippen LogP contribution is -2.11. The average molecular weight is 247 g/mol. The molecule has 17 heavy (non-hydrogen) atoms. The predicted molar refractivity (Wildman–Crippen MR) is 62.2 cm³/mol. The van der Waals surface area contributed by atoms with Crippen molar-refractivity contribution in [1.82, 2.24) is 15.0 Å². The Morgan fingerprint density at radius 1 is 1.24 bits per heavy atom. The Balaban J connectivity index is 2.07. The van der Waals surface area contributed by atoms with Crippen LogP contribution in [-0.2, 0) is 0 Å². The summed E-state index contributed by atoms with van der Waals surface area (Å²) in [5.41, 5.74) is 0.330. The second kappa shape index (κ2) is 4.92. The fraction of sp³-hybridized carbons (Fsp3) is 0.182. The molecule has 0 unspecified atom stereocenters. The van der Waals surface area contributed by atoms with Crippen LogP contribution in [0.5, 0.6) is 0 Å². The van der Waals surface area contributed by atoms with Gasteiger partial charge in [-0.05, 0) is 13.0 Å². The fourth-order valence-electron chi connectivity index (χ4n) is 1.25. The second-order valence-electron chi connectivity index (χ2n) is 3.35. The first-order valence-corrected chi connectivity index (χ1v) is 5.80. The van der Waals surface area contributed by atoms with Crippen LogP contribution in [0.3, 0.4) is 0 Å². The Labute approximate surface area is 102 Å². The minimum Gasteiger partial charge on any atom is -0.292 e. The Morgan fingerprint density at radius 3 is 2.53 bits per heavy atom. The summed E-state index contributed by atoms with van der Waals surface area (Å²) in [5.74, 6) is -0.624. The van der Waals surface area contributed by atoms with E-state index in [0.29, 0.717) is 5.69 Å². The molecule has 0 spiro atoms. The highest BCUT2D eigenvalue weighted by atomic mass is 32.1. The number of nitrogens with zero attached hydrogens (tertiary/aromatic N) is 3. The van der Waals surface area contributed by atoms with Gasteiger partial charge in [-0.25, -0.2) is 15.0 Å². The standard InChI is InChI=1S/C11H9N3O2S/c1-7-14-8(6-17-7)9(15)5-10(16)11-12-3-2-4-13-11/h2-4,6H,5H2,1H3. The zero-order valence-corrected chi connectivity index (χ0v) is 9.90. The summed E-state index contributed by atoms with van der Waals surface area (Å²) < 4.78 is 0. The van der Waals surface area contributed by atoms with Crippen molar-refractivity contribution >= 4 is 22.9 Å². The van der Waals surface area contributed by atoms with Crippen molar-refractivity contribution in [3.05, 3.63) is 40.4 Å². The lowest BCUT2D eigenvalue weighted by atomic mass is 10.1. The van der Waals surface area contributed by atoms with Gasteiger partial charge < -0.3 is 0 Å². The highest BCUT2D eigenvalue weighted by Gasteiger charge is 2.17. The number of hydrogen-bond acceptors (Lipinski definition) is 6. The first-order valence-electron chi connectivity index (χ1n) is 4.92. The quantitative estimate of drug-likeness (QED) is 0.607. The van der Waals surface area contributed by atoms with Crippen molar-refractivity contribution < 1.29 is 9.59 Å². The van der Waals surface area contributed by atoms with Crippen LogP contribution < -0.4 is 0 Å². The Kier molecular flexibility index (Phi) is 3.34. The maximum absolute atomic E-state index is 11.7. The topological polar surface area (TPSA) is 72.8 Å². The summed E-state index contributed by atoms with van der Waals surface area (Å²) in [6, 6.07) is 1.61. The van der Waals surface area contributed by atoms with Gasteiger partial charge in [0.15, 0.2) is 11.6 Å². The minimum absolute atomic E-state index is 0.0628. The molecular weight excluding hydrogens is 238 g/mol. The summed E-state index contributed by atoms with van der Waals surface area (Å²) >= 11 is 1.38. The number of ketones is 2. The molecule has 0 atom stereocenters. The molecule has 5 nitrogen and oxygen atoms in total. The molecule has 0 aliphatic carbocycles. The molecule has 0 N–H and O–H groups in total. The third kappa shape index (κ3) is 2.79. The van der Waals surface area contributed by atoms with E-state index in [2.05, 4.69) is 15.0 Å². The smallest absolute Gasteiger partial charge is 0.207 e. The minimum atomic E-state index is -0.388. The van der Waals surface area contributed by atoms with E-state index in [-0.39, 0.29) is 23.8 Å². The van der Waals surface area contributed by atoms with Crippen molar-refractivity contribution in [2.24, 2.45) is 0 Å². The van der Waals surface area contributed by atoms with Crippen molar-refractivity contribution in [2.45, 2.75) is 13.3 Å². The average Bonchev–Trinajstić information content (AvgIpc) is 2.77. The van der Waals surface area contributed by atoms with E-state index in [1.54, 1.807) is 11.4 Å². The summed E-state index contributed by atoms with van der Waals surface area (Å²) in [5, 5.41) is 2.45. The summed E-state index contributed by atoms with van der Waals surface area (Å²) in [6.07, 6.45) is 2.70. The lowest BCUT2D eigenvalue weighted by molar-refractivity contribution is 0.0886. The molecule has 0 radical (unpaired) electrons. The summed E-state index contributed by atoms with van der Waals surface area (Å²) in [6.45, 7) is 1.81. The Hall–Kier alpha value is -1.95. The van der Waals surface area contributed by atoms with E-state index in [4.69, 9.17) is 0 Å². The van der Waals surface area contributed by atoms with Crippen molar-refractivity contribution in [1.29, 1.82) is 0 Å². The van der Waals surface area contributed by atoms with Crippen molar-refractivity contribution in [2.75, 3.05) is 0 Å².